The molecule has 0 radical (unpaired) electrons. The lowest BCUT2D eigenvalue weighted by Crippen LogP contribution is -2.27. The highest BCUT2D eigenvalue weighted by molar-refractivity contribution is 8.00. The summed E-state index contributed by atoms with van der Waals surface area (Å²) >= 11 is 1.45. The number of anilines is 1. The highest BCUT2D eigenvalue weighted by Gasteiger charge is 2.12. The molecule has 0 saturated heterocycles. The summed E-state index contributed by atoms with van der Waals surface area (Å²) in [6.45, 7) is 1.85. The van der Waals surface area contributed by atoms with Crippen molar-refractivity contribution in [3.8, 4) is 0 Å². The van der Waals surface area contributed by atoms with Gasteiger partial charge in [0.25, 0.3) is 0 Å². The minimum atomic E-state index is -0.120. The first-order chi connectivity index (χ1) is 6.63. The van der Waals surface area contributed by atoms with Crippen molar-refractivity contribution < 1.29 is 4.79 Å². The predicted octanol–water partition coefficient (Wildman–Crippen LogP) is 0.890. The van der Waals surface area contributed by atoms with E-state index in [1.54, 1.807) is 19.3 Å². The van der Waals surface area contributed by atoms with E-state index in [4.69, 9.17) is 5.73 Å². The average molecular weight is 211 g/mol. The maximum absolute atomic E-state index is 11.2. The van der Waals surface area contributed by atoms with E-state index in [0.29, 0.717) is 5.82 Å². The van der Waals surface area contributed by atoms with Crippen LogP contribution in [-0.4, -0.2) is 23.2 Å². The number of carbonyl (C=O) groups is 1. The smallest absolute Gasteiger partial charge is 0.232 e. The predicted molar refractivity (Wildman–Crippen MR) is 58.0 cm³/mol. The van der Waals surface area contributed by atoms with Gasteiger partial charge in [0.1, 0.15) is 5.82 Å². The van der Waals surface area contributed by atoms with E-state index in [2.05, 4.69) is 10.3 Å². The lowest BCUT2D eigenvalue weighted by atomic mass is 10.4. The number of hydrogen-bond acceptors (Lipinski definition) is 4. The summed E-state index contributed by atoms with van der Waals surface area (Å²) in [7, 11) is 1.63. The van der Waals surface area contributed by atoms with Gasteiger partial charge in [-0.2, -0.15) is 0 Å². The van der Waals surface area contributed by atoms with Crippen LogP contribution in [0.3, 0.4) is 0 Å². The van der Waals surface area contributed by atoms with E-state index in [1.165, 1.54) is 11.8 Å². The first-order valence-corrected chi connectivity index (χ1v) is 5.11. The van der Waals surface area contributed by atoms with E-state index >= 15 is 0 Å². The standard InChI is InChI=1S/C9H13N3OS/c1-6(9(13)11-2)14-7-3-4-8(10)12-5-7/h3-6H,1-2H3,(H2,10,12)(H,11,13). The second-order valence-corrected chi connectivity index (χ2v) is 4.21. The molecule has 0 saturated carbocycles. The monoisotopic (exact) mass is 211 g/mol. The minimum absolute atomic E-state index is 0.00632. The second kappa shape index (κ2) is 4.85. The van der Waals surface area contributed by atoms with Crippen LogP contribution in [0.4, 0.5) is 5.82 Å². The Hall–Kier alpha value is -1.23. The lowest BCUT2D eigenvalue weighted by Gasteiger charge is -2.08. The van der Waals surface area contributed by atoms with Crippen LogP contribution < -0.4 is 11.1 Å². The molecule has 1 unspecified atom stereocenters. The van der Waals surface area contributed by atoms with Crippen molar-refractivity contribution in [2.45, 2.75) is 17.1 Å². The molecule has 76 valence electrons. The molecular formula is C9H13N3OS. The molecule has 1 atom stereocenters. The number of carbonyl (C=O) groups excluding carboxylic acids is 1. The molecule has 0 fully saturated rings. The first-order valence-electron chi connectivity index (χ1n) is 4.23. The number of aromatic nitrogens is 1. The fourth-order valence-corrected chi connectivity index (χ4v) is 1.82. The van der Waals surface area contributed by atoms with Gasteiger partial charge in [0.2, 0.25) is 5.91 Å². The summed E-state index contributed by atoms with van der Waals surface area (Å²) in [5, 5.41) is 2.47. The highest BCUT2D eigenvalue weighted by atomic mass is 32.2. The maximum atomic E-state index is 11.2. The molecule has 1 amide bonds. The largest absolute Gasteiger partial charge is 0.384 e. The van der Waals surface area contributed by atoms with Crippen molar-refractivity contribution in [3.05, 3.63) is 18.3 Å². The van der Waals surface area contributed by atoms with Gasteiger partial charge >= 0.3 is 0 Å². The van der Waals surface area contributed by atoms with Crippen LogP contribution in [0.2, 0.25) is 0 Å². The molecule has 5 heteroatoms. The van der Waals surface area contributed by atoms with Crippen molar-refractivity contribution in [1.29, 1.82) is 0 Å². The van der Waals surface area contributed by atoms with Gasteiger partial charge in [0.05, 0.1) is 5.25 Å². The van der Waals surface area contributed by atoms with Gasteiger partial charge in [-0.15, -0.1) is 11.8 Å². The summed E-state index contributed by atoms with van der Waals surface area (Å²) in [6, 6.07) is 3.57. The van der Waals surface area contributed by atoms with Crippen molar-refractivity contribution in [2.24, 2.45) is 0 Å². The van der Waals surface area contributed by atoms with Crippen LogP contribution in [-0.2, 0) is 4.79 Å². The van der Waals surface area contributed by atoms with Gasteiger partial charge in [0.15, 0.2) is 0 Å². The molecule has 0 aliphatic carbocycles. The summed E-state index contributed by atoms with van der Waals surface area (Å²) in [5.41, 5.74) is 5.44. The third-order valence-electron chi connectivity index (χ3n) is 1.69. The van der Waals surface area contributed by atoms with Crippen LogP contribution in [0.25, 0.3) is 0 Å². The molecule has 0 spiro atoms. The summed E-state index contributed by atoms with van der Waals surface area (Å²) in [4.78, 5) is 16.1. The number of rotatable bonds is 3. The third-order valence-corrected chi connectivity index (χ3v) is 2.77. The number of nitrogens with two attached hydrogens (primary N) is 1. The SMILES string of the molecule is CNC(=O)C(C)Sc1ccc(N)nc1. The Kier molecular flexibility index (Phi) is 3.76. The van der Waals surface area contributed by atoms with E-state index in [0.717, 1.165) is 4.90 Å². The Labute approximate surface area is 87.3 Å². The van der Waals surface area contributed by atoms with E-state index in [1.807, 2.05) is 13.0 Å². The van der Waals surface area contributed by atoms with E-state index < -0.39 is 0 Å². The van der Waals surface area contributed by atoms with Crippen LogP contribution in [0.1, 0.15) is 6.92 Å². The average Bonchev–Trinajstić information content (AvgIpc) is 2.20. The third kappa shape index (κ3) is 2.92. The van der Waals surface area contributed by atoms with Gasteiger partial charge in [-0.25, -0.2) is 4.98 Å². The van der Waals surface area contributed by atoms with Gasteiger partial charge in [-0.1, -0.05) is 0 Å². The fraction of sp³-hybridized carbons (Fsp3) is 0.333. The zero-order valence-corrected chi connectivity index (χ0v) is 8.97. The molecule has 14 heavy (non-hydrogen) atoms. The molecular weight excluding hydrogens is 198 g/mol. The molecule has 1 rings (SSSR count). The Morgan fingerprint density at radius 1 is 1.64 bits per heavy atom. The number of nitrogens with zero attached hydrogens (tertiary/aromatic N) is 1. The van der Waals surface area contributed by atoms with Crippen molar-refractivity contribution in [1.82, 2.24) is 10.3 Å². The summed E-state index contributed by atoms with van der Waals surface area (Å²) in [6.07, 6.45) is 1.67. The lowest BCUT2D eigenvalue weighted by molar-refractivity contribution is -0.119. The Morgan fingerprint density at radius 2 is 2.36 bits per heavy atom. The Bertz CT molecular complexity index is 312. The quantitative estimate of drug-likeness (QED) is 0.729. The molecule has 0 aliphatic heterocycles. The van der Waals surface area contributed by atoms with Crippen molar-refractivity contribution >= 4 is 23.5 Å². The molecule has 3 N–H and O–H groups in total. The van der Waals surface area contributed by atoms with E-state index in [9.17, 15) is 4.79 Å². The highest BCUT2D eigenvalue weighted by Crippen LogP contribution is 2.22. The van der Waals surface area contributed by atoms with Gasteiger partial charge < -0.3 is 11.1 Å². The van der Waals surface area contributed by atoms with Gasteiger partial charge in [0, 0.05) is 18.1 Å². The minimum Gasteiger partial charge on any atom is -0.384 e. The molecule has 0 aliphatic rings. The number of pyridine rings is 1. The fourth-order valence-electron chi connectivity index (χ4n) is 0.922. The molecule has 0 aromatic carbocycles. The van der Waals surface area contributed by atoms with Gasteiger partial charge in [-0.3, -0.25) is 4.79 Å². The molecule has 1 heterocycles. The van der Waals surface area contributed by atoms with Crippen LogP contribution in [0.5, 0.6) is 0 Å². The zero-order chi connectivity index (χ0) is 10.6. The number of nitrogens with one attached hydrogen (secondary N) is 1. The van der Waals surface area contributed by atoms with Crippen LogP contribution in [0.15, 0.2) is 23.2 Å². The van der Waals surface area contributed by atoms with Crippen molar-refractivity contribution in [3.63, 3.8) is 0 Å². The maximum Gasteiger partial charge on any atom is 0.232 e. The topological polar surface area (TPSA) is 68.0 Å². The summed E-state index contributed by atoms with van der Waals surface area (Å²) in [5.74, 6) is 0.494. The molecule has 1 aromatic rings. The molecule has 4 nitrogen and oxygen atoms in total. The first kappa shape index (κ1) is 10.8. The van der Waals surface area contributed by atoms with Gasteiger partial charge in [-0.05, 0) is 19.1 Å². The Morgan fingerprint density at radius 3 is 2.86 bits per heavy atom. The van der Waals surface area contributed by atoms with Crippen LogP contribution >= 0.6 is 11.8 Å². The number of hydrogen-bond donors (Lipinski definition) is 2. The second-order valence-electron chi connectivity index (χ2n) is 2.79. The molecule has 0 bridgehead atoms. The molecule has 1 aromatic heterocycles. The zero-order valence-electron chi connectivity index (χ0n) is 8.15. The Balaban J connectivity index is 2.60. The van der Waals surface area contributed by atoms with Crippen LogP contribution in [0, 0.1) is 0 Å². The normalized spacial score (nSPS) is 12.1. The number of amides is 1. The van der Waals surface area contributed by atoms with Crippen molar-refractivity contribution in [2.75, 3.05) is 12.8 Å². The van der Waals surface area contributed by atoms with E-state index in [-0.39, 0.29) is 11.2 Å². The number of nitrogen functional groups attached to an aromatic ring is 1. The number of thioether (sulfide) groups is 1. The summed E-state index contributed by atoms with van der Waals surface area (Å²) < 4.78 is 0.